The highest BCUT2D eigenvalue weighted by Gasteiger charge is 2.10. The molecule has 0 radical (unpaired) electrons. The van der Waals surface area contributed by atoms with Crippen LogP contribution in [0.2, 0.25) is 0 Å². The maximum absolute atomic E-state index is 13.0. The highest BCUT2D eigenvalue weighted by atomic mass is 79.9. The van der Waals surface area contributed by atoms with Crippen molar-refractivity contribution in [3.8, 4) is 0 Å². The molecule has 3 nitrogen and oxygen atoms in total. The van der Waals surface area contributed by atoms with Crippen molar-refractivity contribution < 1.29 is 9.18 Å². The van der Waals surface area contributed by atoms with Gasteiger partial charge < -0.3 is 9.88 Å². The van der Waals surface area contributed by atoms with Crippen LogP contribution in [0.25, 0.3) is 10.9 Å². The third-order valence-corrected chi connectivity index (χ3v) is 6.45. The Labute approximate surface area is 187 Å². The van der Waals surface area contributed by atoms with Crippen molar-refractivity contribution in [2.75, 3.05) is 6.54 Å². The zero-order valence-corrected chi connectivity index (χ0v) is 18.5. The number of para-hydroxylation sites is 1. The average molecular weight is 483 g/mol. The van der Waals surface area contributed by atoms with Gasteiger partial charge in [-0.3, -0.25) is 4.79 Å². The summed E-state index contributed by atoms with van der Waals surface area (Å²) < 4.78 is 16.3. The van der Waals surface area contributed by atoms with Gasteiger partial charge in [-0.25, -0.2) is 4.39 Å². The topological polar surface area (TPSA) is 34.0 Å². The maximum Gasteiger partial charge on any atom is 0.251 e. The van der Waals surface area contributed by atoms with Gasteiger partial charge in [0.2, 0.25) is 0 Å². The highest BCUT2D eigenvalue weighted by Crippen LogP contribution is 2.32. The Hall–Kier alpha value is -2.57. The number of nitrogens with one attached hydrogen (secondary N) is 1. The van der Waals surface area contributed by atoms with Gasteiger partial charge in [-0.2, -0.15) is 0 Å². The number of hydrogen-bond donors (Lipinski definition) is 1. The zero-order valence-electron chi connectivity index (χ0n) is 16.1. The van der Waals surface area contributed by atoms with Crippen LogP contribution in [0.4, 0.5) is 4.39 Å². The highest BCUT2D eigenvalue weighted by molar-refractivity contribution is 9.10. The number of carbonyl (C=O) groups is 1. The molecule has 152 valence electrons. The molecule has 1 aromatic heterocycles. The number of fused-ring (bicyclic) bond motifs is 1. The fraction of sp³-hybridized carbons (Fsp3) is 0.125. The lowest BCUT2D eigenvalue weighted by atomic mass is 10.2. The van der Waals surface area contributed by atoms with Crippen LogP contribution >= 0.6 is 27.7 Å². The first kappa shape index (κ1) is 20.7. The van der Waals surface area contributed by atoms with Crippen molar-refractivity contribution >= 4 is 44.5 Å². The molecule has 0 saturated heterocycles. The first-order valence-corrected chi connectivity index (χ1v) is 11.4. The number of hydrogen-bond acceptors (Lipinski definition) is 2. The van der Waals surface area contributed by atoms with Crippen LogP contribution in [0.5, 0.6) is 0 Å². The molecule has 3 aromatic carbocycles. The van der Waals surface area contributed by atoms with Gasteiger partial charge in [0, 0.05) is 50.9 Å². The van der Waals surface area contributed by atoms with Crippen molar-refractivity contribution in [2.45, 2.75) is 17.2 Å². The van der Waals surface area contributed by atoms with Crippen LogP contribution in [0.1, 0.15) is 15.9 Å². The molecular formula is C24H20BrFN2OS. The summed E-state index contributed by atoms with van der Waals surface area (Å²) in [7, 11) is 0. The molecule has 0 saturated carbocycles. The SMILES string of the molecule is O=C(NCCn1cc(SCc2ccc(Br)cc2)c2ccccc21)c1ccc(F)cc1. The molecular weight excluding hydrogens is 463 g/mol. The summed E-state index contributed by atoms with van der Waals surface area (Å²) in [5.74, 6) is 0.345. The van der Waals surface area contributed by atoms with Gasteiger partial charge >= 0.3 is 0 Å². The minimum atomic E-state index is -0.349. The Balaban J connectivity index is 1.43. The summed E-state index contributed by atoms with van der Waals surface area (Å²) in [5.41, 5.74) is 2.87. The second kappa shape index (κ2) is 9.49. The van der Waals surface area contributed by atoms with Gasteiger partial charge in [-0.1, -0.05) is 46.3 Å². The number of thioether (sulfide) groups is 1. The smallest absolute Gasteiger partial charge is 0.251 e. The van der Waals surface area contributed by atoms with Crippen LogP contribution in [0.15, 0.2) is 88.4 Å². The Morgan fingerprint density at radius 1 is 1.00 bits per heavy atom. The van der Waals surface area contributed by atoms with Crippen LogP contribution in [0, 0.1) is 5.82 Å². The van der Waals surface area contributed by atoms with E-state index in [1.54, 1.807) is 0 Å². The van der Waals surface area contributed by atoms with E-state index in [1.165, 1.54) is 40.1 Å². The predicted molar refractivity (Wildman–Crippen MR) is 124 cm³/mol. The van der Waals surface area contributed by atoms with E-state index >= 15 is 0 Å². The number of aromatic nitrogens is 1. The first-order valence-electron chi connectivity index (χ1n) is 9.59. The number of amides is 1. The van der Waals surface area contributed by atoms with Gasteiger partial charge in [-0.05, 0) is 48.0 Å². The van der Waals surface area contributed by atoms with Crippen LogP contribution in [0.3, 0.4) is 0 Å². The fourth-order valence-corrected chi connectivity index (χ4v) is 4.56. The normalized spacial score (nSPS) is 11.0. The molecule has 0 fully saturated rings. The van der Waals surface area contributed by atoms with E-state index in [-0.39, 0.29) is 11.7 Å². The molecule has 1 heterocycles. The van der Waals surface area contributed by atoms with Gasteiger partial charge in [0.1, 0.15) is 5.82 Å². The lowest BCUT2D eigenvalue weighted by Gasteiger charge is -2.07. The number of nitrogens with zero attached hydrogens (tertiary/aromatic N) is 1. The van der Waals surface area contributed by atoms with E-state index in [9.17, 15) is 9.18 Å². The molecule has 1 N–H and O–H groups in total. The summed E-state index contributed by atoms with van der Waals surface area (Å²) in [6.07, 6.45) is 2.15. The summed E-state index contributed by atoms with van der Waals surface area (Å²) in [6.45, 7) is 1.15. The van der Waals surface area contributed by atoms with Crippen LogP contribution in [-0.2, 0) is 12.3 Å². The summed E-state index contributed by atoms with van der Waals surface area (Å²) in [5, 5.41) is 4.12. The number of halogens is 2. The molecule has 0 bridgehead atoms. The minimum Gasteiger partial charge on any atom is -0.350 e. The molecule has 0 unspecified atom stereocenters. The molecule has 0 aliphatic carbocycles. The quantitative estimate of drug-likeness (QED) is 0.315. The molecule has 0 atom stereocenters. The van der Waals surface area contributed by atoms with Gasteiger partial charge in [0.15, 0.2) is 0 Å². The van der Waals surface area contributed by atoms with Gasteiger partial charge in [0.05, 0.1) is 0 Å². The van der Waals surface area contributed by atoms with Crippen molar-refractivity contribution in [3.05, 3.63) is 100 Å². The van der Waals surface area contributed by atoms with Gasteiger partial charge in [-0.15, -0.1) is 11.8 Å². The van der Waals surface area contributed by atoms with E-state index < -0.39 is 0 Å². The zero-order chi connectivity index (χ0) is 20.9. The third kappa shape index (κ3) is 4.94. The number of benzene rings is 3. The van der Waals surface area contributed by atoms with E-state index in [0.717, 1.165) is 15.7 Å². The maximum atomic E-state index is 13.0. The number of carbonyl (C=O) groups excluding carboxylic acids is 1. The van der Waals surface area contributed by atoms with Gasteiger partial charge in [0.25, 0.3) is 5.91 Å². The lowest BCUT2D eigenvalue weighted by molar-refractivity contribution is 0.0952. The largest absolute Gasteiger partial charge is 0.350 e. The summed E-state index contributed by atoms with van der Waals surface area (Å²) >= 11 is 5.28. The van der Waals surface area contributed by atoms with E-state index in [2.05, 4.69) is 68.4 Å². The molecule has 4 aromatic rings. The van der Waals surface area contributed by atoms with E-state index in [0.29, 0.717) is 18.7 Å². The van der Waals surface area contributed by atoms with E-state index in [4.69, 9.17) is 0 Å². The van der Waals surface area contributed by atoms with Crippen molar-refractivity contribution in [3.63, 3.8) is 0 Å². The predicted octanol–water partition coefficient (Wildman–Crippen LogP) is 6.27. The minimum absolute atomic E-state index is 0.198. The molecule has 0 aliphatic heterocycles. The van der Waals surface area contributed by atoms with Crippen molar-refractivity contribution in [2.24, 2.45) is 0 Å². The Bertz CT molecular complexity index is 1160. The summed E-state index contributed by atoms with van der Waals surface area (Å²) in [4.78, 5) is 13.5. The molecule has 6 heteroatoms. The standard InChI is InChI=1S/C24H20BrFN2OS/c25-19-9-5-17(6-10-19)16-30-23-15-28(22-4-2-1-3-21(22)23)14-13-27-24(29)18-7-11-20(26)12-8-18/h1-12,15H,13-14,16H2,(H,27,29). The number of rotatable bonds is 7. The molecule has 0 spiro atoms. The Morgan fingerprint density at radius 2 is 1.73 bits per heavy atom. The molecule has 1 amide bonds. The Morgan fingerprint density at radius 3 is 2.50 bits per heavy atom. The lowest BCUT2D eigenvalue weighted by Crippen LogP contribution is -2.27. The molecule has 30 heavy (non-hydrogen) atoms. The van der Waals surface area contributed by atoms with Crippen molar-refractivity contribution in [1.82, 2.24) is 9.88 Å². The van der Waals surface area contributed by atoms with E-state index in [1.807, 2.05) is 23.9 Å². The third-order valence-electron chi connectivity index (χ3n) is 4.80. The molecule has 4 rings (SSSR count). The second-order valence-electron chi connectivity index (χ2n) is 6.88. The second-order valence-corrected chi connectivity index (χ2v) is 8.81. The van der Waals surface area contributed by atoms with Crippen molar-refractivity contribution in [1.29, 1.82) is 0 Å². The molecule has 0 aliphatic rings. The van der Waals surface area contributed by atoms with Crippen LogP contribution < -0.4 is 5.32 Å². The first-order chi connectivity index (χ1) is 14.6. The summed E-state index contributed by atoms with van der Waals surface area (Å²) in [6, 6.07) is 22.2. The average Bonchev–Trinajstić information content (AvgIpc) is 3.12. The van der Waals surface area contributed by atoms with Crippen LogP contribution in [-0.4, -0.2) is 17.0 Å². The monoisotopic (exact) mass is 482 g/mol. The fourth-order valence-electron chi connectivity index (χ4n) is 3.25. The Kier molecular flexibility index (Phi) is 6.55.